The molecule has 0 aliphatic carbocycles. The van der Waals surface area contributed by atoms with E-state index < -0.39 is 0 Å². The summed E-state index contributed by atoms with van der Waals surface area (Å²) in [5.74, 6) is 0.885. The Morgan fingerprint density at radius 1 is 1.11 bits per heavy atom. The second-order valence-corrected chi connectivity index (χ2v) is 6.43. The van der Waals surface area contributed by atoms with Crippen LogP contribution in [0.2, 0.25) is 0 Å². The Hall–Kier alpha value is -1.20. The average molecular weight is 279 g/mol. The third-order valence-electron chi connectivity index (χ3n) is 3.37. The fourth-order valence-electron chi connectivity index (χ4n) is 2.59. The van der Waals surface area contributed by atoms with Crippen molar-refractivity contribution >= 4 is 11.3 Å². The molecule has 2 rings (SSSR count). The molecule has 0 spiro atoms. The highest BCUT2D eigenvalue weighted by Gasteiger charge is 2.20. The predicted octanol–water partition coefficient (Wildman–Crippen LogP) is 3.78. The van der Waals surface area contributed by atoms with Crippen molar-refractivity contribution in [2.45, 2.75) is 53.6 Å². The van der Waals surface area contributed by atoms with E-state index in [1.165, 1.54) is 4.88 Å². The third kappa shape index (κ3) is 2.87. The SMILES string of the molecule is Cc1nc(C(C)NC(C)c2c(C)noc2C)c(C)s1. The van der Waals surface area contributed by atoms with Gasteiger partial charge in [0.15, 0.2) is 0 Å². The molecule has 0 saturated heterocycles. The van der Waals surface area contributed by atoms with Crippen LogP contribution in [0.1, 0.15) is 58.5 Å². The smallest absolute Gasteiger partial charge is 0.138 e. The van der Waals surface area contributed by atoms with Crippen LogP contribution in [0.25, 0.3) is 0 Å². The van der Waals surface area contributed by atoms with Crippen molar-refractivity contribution in [3.63, 3.8) is 0 Å². The summed E-state index contributed by atoms with van der Waals surface area (Å²) in [5, 5.41) is 8.71. The minimum Gasteiger partial charge on any atom is -0.361 e. The van der Waals surface area contributed by atoms with E-state index in [-0.39, 0.29) is 12.1 Å². The first-order chi connectivity index (χ1) is 8.90. The van der Waals surface area contributed by atoms with Gasteiger partial charge in [-0.1, -0.05) is 5.16 Å². The number of hydrogen-bond acceptors (Lipinski definition) is 5. The molecule has 4 nitrogen and oxygen atoms in total. The van der Waals surface area contributed by atoms with Gasteiger partial charge in [-0.2, -0.15) is 0 Å². The summed E-state index contributed by atoms with van der Waals surface area (Å²) in [6.07, 6.45) is 0. The first kappa shape index (κ1) is 14.2. The van der Waals surface area contributed by atoms with Crippen LogP contribution in [0.5, 0.6) is 0 Å². The Bertz CT molecular complexity index is 554. The number of aryl methyl sites for hydroxylation is 4. The second-order valence-electron chi connectivity index (χ2n) is 5.02. The zero-order valence-electron chi connectivity index (χ0n) is 12.4. The molecule has 0 aromatic carbocycles. The van der Waals surface area contributed by atoms with Gasteiger partial charge in [0, 0.05) is 22.5 Å². The van der Waals surface area contributed by atoms with E-state index >= 15 is 0 Å². The predicted molar refractivity (Wildman–Crippen MR) is 77.5 cm³/mol. The Morgan fingerprint density at radius 3 is 2.26 bits per heavy atom. The second kappa shape index (κ2) is 5.43. The third-order valence-corrected chi connectivity index (χ3v) is 4.27. The molecule has 104 valence electrons. The van der Waals surface area contributed by atoms with E-state index in [9.17, 15) is 0 Å². The topological polar surface area (TPSA) is 51.0 Å². The lowest BCUT2D eigenvalue weighted by Crippen LogP contribution is -2.24. The van der Waals surface area contributed by atoms with Crippen LogP contribution in [0, 0.1) is 27.7 Å². The van der Waals surface area contributed by atoms with Gasteiger partial charge in [0.05, 0.1) is 16.4 Å². The normalized spacial score (nSPS) is 14.6. The van der Waals surface area contributed by atoms with Crippen LogP contribution in [-0.4, -0.2) is 10.1 Å². The van der Waals surface area contributed by atoms with Gasteiger partial charge in [0.1, 0.15) is 5.76 Å². The van der Waals surface area contributed by atoms with E-state index in [0.29, 0.717) is 0 Å². The van der Waals surface area contributed by atoms with Crippen molar-refractivity contribution in [3.05, 3.63) is 32.6 Å². The zero-order chi connectivity index (χ0) is 14.2. The summed E-state index contributed by atoms with van der Waals surface area (Å²) in [6, 6.07) is 0.413. The molecule has 0 aliphatic heterocycles. The Balaban J connectivity index is 2.15. The van der Waals surface area contributed by atoms with E-state index in [4.69, 9.17) is 4.52 Å². The molecule has 5 heteroatoms. The van der Waals surface area contributed by atoms with Gasteiger partial charge in [0.2, 0.25) is 0 Å². The van der Waals surface area contributed by atoms with Crippen LogP contribution in [0.4, 0.5) is 0 Å². The van der Waals surface area contributed by atoms with E-state index in [2.05, 4.69) is 36.2 Å². The molecule has 0 fully saturated rings. The highest BCUT2D eigenvalue weighted by Crippen LogP contribution is 2.27. The van der Waals surface area contributed by atoms with Crippen molar-refractivity contribution in [2.24, 2.45) is 0 Å². The molecule has 2 heterocycles. The molecule has 0 bridgehead atoms. The molecule has 2 aromatic rings. The summed E-state index contributed by atoms with van der Waals surface area (Å²) >= 11 is 1.75. The van der Waals surface area contributed by atoms with E-state index in [1.807, 2.05) is 20.8 Å². The summed E-state index contributed by atoms with van der Waals surface area (Å²) in [5.41, 5.74) is 3.24. The Labute approximate surface area is 118 Å². The zero-order valence-corrected chi connectivity index (χ0v) is 13.2. The number of rotatable bonds is 4. The van der Waals surface area contributed by atoms with E-state index in [1.54, 1.807) is 11.3 Å². The van der Waals surface area contributed by atoms with Gasteiger partial charge in [0.25, 0.3) is 0 Å². The highest BCUT2D eigenvalue weighted by molar-refractivity contribution is 7.11. The van der Waals surface area contributed by atoms with Crippen LogP contribution in [0.3, 0.4) is 0 Å². The maximum atomic E-state index is 5.23. The van der Waals surface area contributed by atoms with Crippen LogP contribution >= 0.6 is 11.3 Å². The minimum atomic E-state index is 0.197. The van der Waals surface area contributed by atoms with Crippen LogP contribution in [-0.2, 0) is 0 Å². The standard InChI is InChI=1S/C14H21N3OS/c1-7(13-8(2)17-18-10(13)4)15-9(3)14-11(5)19-12(6)16-14/h7,9,15H,1-6H3. The van der Waals surface area contributed by atoms with Crippen LogP contribution in [0.15, 0.2) is 4.52 Å². The number of thiazole rings is 1. The number of aromatic nitrogens is 2. The molecular weight excluding hydrogens is 258 g/mol. The summed E-state index contributed by atoms with van der Waals surface area (Å²) in [4.78, 5) is 5.89. The average Bonchev–Trinajstić information content (AvgIpc) is 2.81. The molecule has 1 N–H and O–H groups in total. The van der Waals surface area contributed by atoms with Crippen molar-refractivity contribution in [1.82, 2.24) is 15.5 Å². The van der Waals surface area contributed by atoms with Gasteiger partial charge in [-0.25, -0.2) is 4.98 Å². The Morgan fingerprint density at radius 2 is 1.79 bits per heavy atom. The lowest BCUT2D eigenvalue weighted by Gasteiger charge is -2.19. The fourth-order valence-corrected chi connectivity index (χ4v) is 3.51. The van der Waals surface area contributed by atoms with Gasteiger partial charge in [-0.3, -0.25) is 0 Å². The largest absolute Gasteiger partial charge is 0.361 e. The molecule has 2 aromatic heterocycles. The summed E-state index contributed by atoms with van der Waals surface area (Å²) in [6.45, 7) is 12.4. The monoisotopic (exact) mass is 279 g/mol. The number of hydrogen-bond donors (Lipinski definition) is 1. The van der Waals surface area contributed by atoms with E-state index in [0.717, 1.165) is 27.7 Å². The molecule has 0 amide bonds. The number of nitrogens with one attached hydrogen (secondary N) is 1. The molecule has 2 atom stereocenters. The molecule has 2 unspecified atom stereocenters. The Kier molecular flexibility index (Phi) is 4.06. The summed E-state index contributed by atoms with van der Waals surface area (Å²) in [7, 11) is 0. The highest BCUT2D eigenvalue weighted by atomic mass is 32.1. The first-order valence-electron chi connectivity index (χ1n) is 6.53. The van der Waals surface area contributed by atoms with Crippen molar-refractivity contribution in [3.8, 4) is 0 Å². The van der Waals surface area contributed by atoms with Gasteiger partial charge >= 0.3 is 0 Å². The lowest BCUT2D eigenvalue weighted by atomic mass is 10.1. The molecule has 19 heavy (non-hydrogen) atoms. The van der Waals surface area contributed by atoms with Crippen molar-refractivity contribution < 1.29 is 4.52 Å². The maximum Gasteiger partial charge on any atom is 0.138 e. The molecule has 0 radical (unpaired) electrons. The fraction of sp³-hybridized carbons (Fsp3) is 0.571. The molecular formula is C14H21N3OS. The number of nitrogens with zero attached hydrogens (tertiary/aromatic N) is 2. The minimum absolute atomic E-state index is 0.197. The van der Waals surface area contributed by atoms with Gasteiger partial charge in [-0.15, -0.1) is 11.3 Å². The van der Waals surface area contributed by atoms with Crippen molar-refractivity contribution in [2.75, 3.05) is 0 Å². The van der Waals surface area contributed by atoms with Crippen molar-refractivity contribution in [1.29, 1.82) is 0 Å². The van der Waals surface area contributed by atoms with Crippen LogP contribution < -0.4 is 5.32 Å². The quantitative estimate of drug-likeness (QED) is 0.925. The van der Waals surface area contributed by atoms with Gasteiger partial charge < -0.3 is 9.84 Å². The first-order valence-corrected chi connectivity index (χ1v) is 7.34. The van der Waals surface area contributed by atoms with Gasteiger partial charge in [-0.05, 0) is 41.5 Å². The molecule has 0 aliphatic rings. The maximum absolute atomic E-state index is 5.23. The molecule has 0 saturated carbocycles. The lowest BCUT2D eigenvalue weighted by molar-refractivity contribution is 0.389. The summed E-state index contributed by atoms with van der Waals surface area (Å²) < 4.78 is 5.23.